The first-order valence-electron chi connectivity index (χ1n) is 11.1. The second kappa shape index (κ2) is 10.6. The lowest BCUT2D eigenvalue weighted by atomic mass is 9.87. The summed E-state index contributed by atoms with van der Waals surface area (Å²) in [5, 5.41) is 10.9. The molecule has 0 aromatic heterocycles. The summed E-state index contributed by atoms with van der Waals surface area (Å²) >= 11 is 0. The Labute approximate surface area is 190 Å². The van der Waals surface area contributed by atoms with Gasteiger partial charge in [0.05, 0.1) is 12.0 Å². The molecule has 1 aliphatic heterocycles. The summed E-state index contributed by atoms with van der Waals surface area (Å²) in [5.41, 5.74) is 2.31. The Morgan fingerprint density at radius 1 is 1.19 bits per heavy atom. The van der Waals surface area contributed by atoms with Gasteiger partial charge in [-0.3, -0.25) is 19.8 Å². The topological polar surface area (TPSA) is 75.9 Å². The van der Waals surface area contributed by atoms with Crippen molar-refractivity contribution in [3.8, 4) is 5.75 Å². The lowest BCUT2D eigenvalue weighted by Crippen LogP contribution is -2.38. The standard InChI is InChI=1S/C25H33N3O4/c1-18(2)13-27(19(3)29)16-21-15-26(14-20-9-11-22(12-10-20)28(30)31)17-24(21)23-7-5-6-8-25(23)32-4/h5-12,18,21,24H,13-17H2,1-4H3. The number of hydrogen-bond acceptors (Lipinski definition) is 5. The van der Waals surface area contributed by atoms with Crippen LogP contribution in [0.4, 0.5) is 5.69 Å². The number of hydrogen-bond donors (Lipinski definition) is 0. The lowest BCUT2D eigenvalue weighted by Gasteiger charge is -2.29. The summed E-state index contributed by atoms with van der Waals surface area (Å²) in [5.74, 6) is 1.88. The van der Waals surface area contributed by atoms with Crippen LogP contribution in [0.2, 0.25) is 0 Å². The fourth-order valence-corrected chi connectivity index (χ4v) is 4.64. The molecule has 0 saturated carbocycles. The minimum atomic E-state index is -0.377. The second-order valence-electron chi connectivity index (χ2n) is 9.04. The minimum absolute atomic E-state index is 0.103. The number of carbonyl (C=O) groups excluding carboxylic acids is 1. The Balaban J connectivity index is 1.83. The average Bonchev–Trinajstić information content (AvgIpc) is 3.15. The molecule has 0 bridgehead atoms. The number of amides is 1. The van der Waals surface area contributed by atoms with Crippen LogP contribution in [-0.2, 0) is 11.3 Å². The molecule has 7 nitrogen and oxygen atoms in total. The highest BCUT2D eigenvalue weighted by Crippen LogP contribution is 2.38. The van der Waals surface area contributed by atoms with Crippen molar-refractivity contribution in [2.75, 3.05) is 33.3 Å². The van der Waals surface area contributed by atoms with E-state index >= 15 is 0 Å². The maximum atomic E-state index is 12.3. The van der Waals surface area contributed by atoms with Crippen LogP contribution in [0.1, 0.15) is 37.8 Å². The van der Waals surface area contributed by atoms with E-state index in [0.29, 0.717) is 19.0 Å². The van der Waals surface area contributed by atoms with Crippen LogP contribution >= 0.6 is 0 Å². The molecule has 1 fully saturated rings. The number of carbonyl (C=O) groups is 1. The number of benzene rings is 2. The molecule has 0 radical (unpaired) electrons. The lowest BCUT2D eigenvalue weighted by molar-refractivity contribution is -0.384. The van der Waals surface area contributed by atoms with Crippen molar-refractivity contribution in [3.05, 3.63) is 69.8 Å². The average molecular weight is 440 g/mol. The highest BCUT2D eigenvalue weighted by Gasteiger charge is 2.36. The van der Waals surface area contributed by atoms with Crippen molar-refractivity contribution in [3.63, 3.8) is 0 Å². The number of likely N-dealkylation sites (tertiary alicyclic amines) is 1. The zero-order valence-corrected chi connectivity index (χ0v) is 19.4. The molecule has 3 rings (SSSR count). The van der Waals surface area contributed by atoms with E-state index in [-0.39, 0.29) is 28.4 Å². The van der Waals surface area contributed by atoms with Gasteiger partial charge in [0.2, 0.25) is 5.91 Å². The number of ether oxygens (including phenoxy) is 1. The van der Waals surface area contributed by atoms with Crippen LogP contribution in [0.5, 0.6) is 5.75 Å². The molecule has 0 aliphatic carbocycles. The normalized spacial score (nSPS) is 18.7. The molecule has 1 aliphatic rings. The monoisotopic (exact) mass is 439 g/mol. The van der Waals surface area contributed by atoms with E-state index in [0.717, 1.165) is 30.9 Å². The van der Waals surface area contributed by atoms with Gasteiger partial charge in [-0.15, -0.1) is 0 Å². The van der Waals surface area contributed by atoms with Gasteiger partial charge in [-0.25, -0.2) is 0 Å². The van der Waals surface area contributed by atoms with Crippen LogP contribution in [0, 0.1) is 22.0 Å². The van der Waals surface area contributed by atoms with E-state index in [4.69, 9.17) is 4.74 Å². The van der Waals surface area contributed by atoms with Crippen LogP contribution < -0.4 is 4.74 Å². The zero-order valence-electron chi connectivity index (χ0n) is 19.4. The van der Waals surface area contributed by atoms with E-state index in [1.807, 2.05) is 35.2 Å². The first-order chi connectivity index (χ1) is 15.3. The van der Waals surface area contributed by atoms with Gasteiger partial charge < -0.3 is 9.64 Å². The molecule has 7 heteroatoms. The summed E-state index contributed by atoms with van der Waals surface area (Å²) in [6, 6.07) is 14.9. The Morgan fingerprint density at radius 2 is 1.88 bits per heavy atom. The largest absolute Gasteiger partial charge is 0.496 e. The van der Waals surface area contributed by atoms with Crippen molar-refractivity contribution >= 4 is 11.6 Å². The molecule has 0 spiro atoms. The maximum Gasteiger partial charge on any atom is 0.269 e. The van der Waals surface area contributed by atoms with Crippen LogP contribution in [0.15, 0.2) is 48.5 Å². The number of nitro groups is 1. The second-order valence-corrected chi connectivity index (χ2v) is 9.04. The fourth-order valence-electron chi connectivity index (χ4n) is 4.64. The smallest absolute Gasteiger partial charge is 0.269 e. The number of para-hydroxylation sites is 1. The Morgan fingerprint density at radius 3 is 2.47 bits per heavy atom. The SMILES string of the molecule is COc1ccccc1C1CN(Cc2ccc([N+](=O)[O-])cc2)CC1CN(CC(C)C)C(C)=O. The fraction of sp³-hybridized carbons (Fsp3) is 0.480. The summed E-state index contributed by atoms with van der Waals surface area (Å²) in [6.45, 7) is 9.75. The van der Waals surface area contributed by atoms with E-state index in [1.54, 1.807) is 26.2 Å². The summed E-state index contributed by atoms with van der Waals surface area (Å²) < 4.78 is 5.65. The summed E-state index contributed by atoms with van der Waals surface area (Å²) in [6.07, 6.45) is 0. The van der Waals surface area contributed by atoms with Crippen molar-refractivity contribution in [1.82, 2.24) is 9.80 Å². The third-order valence-corrected chi connectivity index (χ3v) is 6.09. The van der Waals surface area contributed by atoms with E-state index in [9.17, 15) is 14.9 Å². The van der Waals surface area contributed by atoms with Crippen LogP contribution in [0.25, 0.3) is 0 Å². The van der Waals surface area contributed by atoms with Crippen molar-refractivity contribution < 1.29 is 14.5 Å². The summed E-state index contributed by atoms with van der Waals surface area (Å²) in [4.78, 5) is 27.2. The molecule has 172 valence electrons. The van der Waals surface area contributed by atoms with Crippen LogP contribution in [0.3, 0.4) is 0 Å². The van der Waals surface area contributed by atoms with Gasteiger partial charge in [-0.1, -0.05) is 44.2 Å². The molecule has 2 atom stereocenters. The van der Waals surface area contributed by atoms with Crippen molar-refractivity contribution in [2.24, 2.45) is 11.8 Å². The molecule has 2 unspecified atom stereocenters. The van der Waals surface area contributed by atoms with Gasteiger partial charge in [0, 0.05) is 57.7 Å². The van der Waals surface area contributed by atoms with E-state index in [1.165, 1.54) is 5.56 Å². The Hall–Kier alpha value is -2.93. The van der Waals surface area contributed by atoms with Gasteiger partial charge in [-0.2, -0.15) is 0 Å². The van der Waals surface area contributed by atoms with Gasteiger partial charge in [0.15, 0.2) is 0 Å². The predicted molar refractivity (Wildman–Crippen MR) is 125 cm³/mol. The molecule has 32 heavy (non-hydrogen) atoms. The molecule has 2 aromatic carbocycles. The first kappa shape index (κ1) is 23.7. The zero-order chi connectivity index (χ0) is 23.3. The number of rotatable bonds is 9. The highest BCUT2D eigenvalue weighted by atomic mass is 16.6. The van der Waals surface area contributed by atoms with Gasteiger partial charge in [-0.05, 0) is 29.0 Å². The summed E-state index contributed by atoms with van der Waals surface area (Å²) in [7, 11) is 1.69. The van der Waals surface area contributed by atoms with Gasteiger partial charge >= 0.3 is 0 Å². The molecule has 1 saturated heterocycles. The number of nitrogens with zero attached hydrogens (tertiary/aromatic N) is 3. The number of nitro benzene ring substituents is 1. The van der Waals surface area contributed by atoms with Crippen molar-refractivity contribution in [1.29, 1.82) is 0 Å². The third kappa shape index (κ3) is 5.85. The Kier molecular flexibility index (Phi) is 7.85. The van der Waals surface area contributed by atoms with Gasteiger partial charge in [0.25, 0.3) is 5.69 Å². The van der Waals surface area contributed by atoms with E-state index in [2.05, 4.69) is 24.8 Å². The minimum Gasteiger partial charge on any atom is -0.496 e. The number of non-ortho nitro benzene ring substituents is 1. The quantitative estimate of drug-likeness (QED) is 0.430. The van der Waals surface area contributed by atoms with E-state index < -0.39 is 0 Å². The van der Waals surface area contributed by atoms with Crippen LogP contribution in [-0.4, -0.2) is 53.9 Å². The molecule has 1 heterocycles. The molecule has 2 aromatic rings. The highest BCUT2D eigenvalue weighted by molar-refractivity contribution is 5.73. The number of methoxy groups -OCH3 is 1. The predicted octanol–water partition coefficient (Wildman–Crippen LogP) is 4.32. The third-order valence-electron chi connectivity index (χ3n) is 6.09. The first-order valence-corrected chi connectivity index (χ1v) is 11.1. The van der Waals surface area contributed by atoms with Gasteiger partial charge in [0.1, 0.15) is 5.75 Å². The van der Waals surface area contributed by atoms with Crippen molar-refractivity contribution in [2.45, 2.75) is 33.2 Å². The molecule has 1 amide bonds. The Bertz CT molecular complexity index is 929. The maximum absolute atomic E-state index is 12.3. The molecular weight excluding hydrogens is 406 g/mol. The molecule has 0 N–H and O–H groups in total. The molecular formula is C25H33N3O4.